The monoisotopic (exact) mass is 375 g/mol. The average molecular weight is 375 g/mol. The van der Waals surface area contributed by atoms with Crippen molar-refractivity contribution in [3.05, 3.63) is 48.0 Å². The molecule has 1 saturated heterocycles. The van der Waals surface area contributed by atoms with Crippen molar-refractivity contribution in [1.82, 2.24) is 15.1 Å². The molecule has 2 aromatic rings. The van der Waals surface area contributed by atoms with E-state index in [4.69, 9.17) is 9.47 Å². The highest BCUT2D eigenvalue weighted by molar-refractivity contribution is 5.92. The molecule has 27 heavy (non-hydrogen) atoms. The smallest absolute Gasteiger partial charge is 0.271 e. The summed E-state index contributed by atoms with van der Waals surface area (Å²) < 4.78 is 25.8. The van der Waals surface area contributed by atoms with Gasteiger partial charge in [-0.25, -0.2) is 9.07 Å². The third kappa shape index (κ3) is 3.87. The molecule has 0 unspecified atom stereocenters. The lowest BCUT2D eigenvalue weighted by atomic mass is 9.81. The van der Waals surface area contributed by atoms with Gasteiger partial charge in [0.15, 0.2) is 11.5 Å². The normalized spacial score (nSPS) is 20.7. The SMILES string of the molecule is O=C(NCC1(O)CCC2(CC1)OCCO2)c1ccn(-c2ccc(F)cc2)n1. The Bertz CT molecular complexity index is 805. The van der Waals surface area contributed by atoms with E-state index in [9.17, 15) is 14.3 Å². The molecule has 1 spiro atoms. The predicted octanol–water partition coefficient (Wildman–Crippen LogP) is 1.79. The lowest BCUT2D eigenvalue weighted by molar-refractivity contribution is -0.201. The Balaban J connectivity index is 1.34. The lowest BCUT2D eigenvalue weighted by Crippen LogP contribution is -2.49. The Morgan fingerprint density at radius 1 is 1.15 bits per heavy atom. The zero-order chi connectivity index (χ0) is 18.9. The molecule has 1 aromatic heterocycles. The number of carbonyl (C=O) groups is 1. The lowest BCUT2D eigenvalue weighted by Gasteiger charge is -2.40. The van der Waals surface area contributed by atoms with Crippen LogP contribution in [0.3, 0.4) is 0 Å². The highest BCUT2D eigenvalue weighted by Crippen LogP contribution is 2.39. The van der Waals surface area contributed by atoms with E-state index < -0.39 is 11.4 Å². The van der Waals surface area contributed by atoms with Crippen LogP contribution in [0.1, 0.15) is 36.2 Å². The average Bonchev–Trinajstić information content (AvgIpc) is 3.34. The van der Waals surface area contributed by atoms with Gasteiger partial charge in [0, 0.05) is 25.6 Å². The molecule has 1 aliphatic heterocycles. The van der Waals surface area contributed by atoms with Crippen LogP contribution in [0.25, 0.3) is 5.69 Å². The van der Waals surface area contributed by atoms with Gasteiger partial charge in [-0.05, 0) is 43.2 Å². The van der Waals surface area contributed by atoms with Crippen molar-refractivity contribution in [1.29, 1.82) is 0 Å². The van der Waals surface area contributed by atoms with Crippen LogP contribution in [0.15, 0.2) is 36.5 Å². The third-order valence-corrected chi connectivity index (χ3v) is 5.25. The summed E-state index contributed by atoms with van der Waals surface area (Å²) in [4.78, 5) is 12.4. The highest BCUT2D eigenvalue weighted by Gasteiger charge is 2.45. The molecule has 0 bridgehead atoms. The molecular weight excluding hydrogens is 353 g/mol. The second-order valence-electron chi connectivity index (χ2n) is 7.14. The molecule has 1 aliphatic carbocycles. The van der Waals surface area contributed by atoms with Crippen molar-refractivity contribution in [3.63, 3.8) is 0 Å². The van der Waals surface area contributed by atoms with Crippen molar-refractivity contribution >= 4 is 5.91 Å². The zero-order valence-corrected chi connectivity index (χ0v) is 14.9. The predicted molar refractivity (Wildman–Crippen MR) is 93.9 cm³/mol. The summed E-state index contributed by atoms with van der Waals surface area (Å²) in [6.45, 7) is 1.32. The number of carbonyl (C=O) groups excluding carboxylic acids is 1. The van der Waals surface area contributed by atoms with Crippen LogP contribution in [-0.4, -0.2) is 51.9 Å². The van der Waals surface area contributed by atoms with Crippen LogP contribution in [0.5, 0.6) is 0 Å². The van der Waals surface area contributed by atoms with Gasteiger partial charge < -0.3 is 19.9 Å². The Morgan fingerprint density at radius 3 is 2.48 bits per heavy atom. The minimum atomic E-state index is -0.976. The Kier molecular flexibility index (Phi) is 4.71. The van der Waals surface area contributed by atoms with E-state index >= 15 is 0 Å². The number of aromatic nitrogens is 2. The number of rotatable bonds is 4. The van der Waals surface area contributed by atoms with Crippen LogP contribution in [0.2, 0.25) is 0 Å². The summed E-state index contributed by atoms with van der Waals surface area (Å²) in [5.41, 5.74) is -0.0867. The van der Waals surface area contributed by atoms with Gasteiger partial charge in [-0.3, -0.25) is 4.79 Å². The number of aliphatic hydroxyl groups is 1. The number of ether oxygens (including phenoxy) is 2. The van der Waals surface area contributed by atoms with Crippen LogP contribution >= 0.6 is 0 Å². The van der Waals surface area contributed by atoms with E-state index in [-0.39, 0.29) is 24.0 Å². The summed E-state index contributed by atoms with van der Waals surface area (Å²) in [6.07, 6.45) is 3.85. The first-order valence-electron chi connectivity index (χ1n) is 9.07. The maximum atomic E-state index is 13.0. The molecule has 8 heteroatoms. The highest BCUT2D eigenvalue weighted by atomic mass is 19.1. The Morgan fingerprint density at radius 2 is 1.81 bits per heavy atom. The van der Waals surface area contributed by atoms with Gasteiger partial charge >= 0.3 is 0 Å². The van der Waals surface area contributed by atoms with Crippen molar-refractivity contribution in [3.8, 4) is 5.69 Å². The first-order chi connectivity index (χ1) is 13.0. The second-order valence-corrected chi connectivity index (χ2v) is 7.14. The zero-order valence-electron chi connectivity index (χ0n) is 14.9. The minimum Gasteiger partial charge on any atom is -0.388 e. The minimum absolute atomic E-state index is 0.144. The van der Waals surface area contributed by atoms with E-state index in [0.29, 0.717) is 44.6 Å². The van der Waals surface area contributed by atoms with Gasteiger partial charge in [0.05, 0.1) is 24.5 Å². The maximum Gasteiger partial charge on any atom is 0.271 e. The van der Waals surface area contributed by atoms with E-state index in [1.807, 2.05) is 0 Å². The number of benzene rings is 1. The van der Waals surface area contributed by atoms with Crippen molar-refractivity contribution in [2.45, 2.75) is 37.1 Å². The molecule has 7 nitrogen and oxygen atoms in total. The fraction of sp³-hybridized carbons (Fsp3) is 0.474. The molecule has 4 rings (SSSR count). The molecular formula is C19H22FN3O4. The van der Waals surface area contributed by atoms with Crippen LogP contribution in [0.4, 0.5) is 4.39 Å². The molecule has 1 saturated carbocycles. The van der Waals surface area contributed by atoms with E-state index in [1.54, 1.807) is 24.4 Å². The fourth-order valence-electron chi connectivity index (χ4n) is 3.58. The van der Waals surface area contributed by atoms with Gasteiger partial charge in [0.1, 0.15) is 5.82 Å². The molecule has 2 aliphatic rings. The number of hydrogen-bond donors (Lipinski definition) is 2. The summed E-state index contributed by atoms with van der Waals surface area (Å²) in [7, 11) is 0. The standard InChI is InChI=1S/C19H22FN3O4/c20-14-1-3-15(4-2-14)23-10-5-16(22-23)17(24)21-13-18(25)6-8-19(9-7-18)26-11-12-27-19/h1-5,10,25H,6-9,11-13H2,(H,21,24). The van der Waals surface area contributed by atoms with E-state index in [2.05, 4.69) is 10.4 Å². The van der Waals surface area contributed by atoms with Crippen LogP contribution < -0.4 is 5.32 Å². The van der Waals surface area contributed by atoms with Crippen molar-refractivity contribution in [2.75, 3.05) is 19.8 Å². The molecule has 2 heterocycles. The van der Waals surface area contributed by atoms with Gasteiger partial charge in [-0.15, -0.1) is 0 Å². The Labute approximate surface area is 156 Å². The number of amides is 1. The summed E-state index contributed by atoms with van der Waals surface area (Å²) in [5, 5.41) is 17.7. The van der Waals surface area contributed by atoms with Crippen molar-refractivity contribution in [2.24, 2.45) is 0 Å². The molecule has 0 radical (unpaired) electrons. The largest absolute Gasteiger partial charge is 0.388 e. The fourth-order valence-corrected chi connectivity index (χ4v) is 3.58. The van der Waals surface area contributed by atoms with Crippen LogP contribution in [0, 0.1) is 5.82 Å². The van der Waals surface area contributed by atoms with Crippen LogP contribution in [-0.2, 0) is 9.47 Å². The molecule has 2 fully saturated rings. The molecule has 2 N–H and O–H groups in total. The first-order valence-corrected chi connectivity index (χ1v) is 9.07. The topological polar surface area (TPSA) is 85.6 Å². The quantitative estimate of drug-likeness (QED) is 0.851. The summed E-state index contributed by atoms with van der Waals surface area (Å²) in [5.74, 6) is -1.25. The van der Waals surface area contributed by atoms with E-state index in [1.165, 1.54) is 16.8 Å². The maximum absolute atomic E-state index is 13.0. The number of hydrogen-bond acceptors (Lipinski definition) is 5. The molecule has 144 valence electrons. The summed E-state index contributed by atoms with van der Waals surface area (Å²) >= 11 is 0. The van der Waals surface area contributed by atoms with Crippen molar-refractivity contribution < 1.29 is 23.8 Å². The first kappa shape index (κ1) is 18.1. The molecule has 1 amide bonds. The van der Waals surface area contributed by atoms with Gasteiger partial charge in [-0.2, -0.15) is 5.10 Å². The van der Waals surface area contributed by atoms with Gasteiger partial charge in [0.2, 0.25) is 0 Å². The molecule has 0 atom stereocenters. The number of nitrogens with zero attached hydrogens (tertiary/aromatic N) is 2. The Hall–Kier alpha value is -2.29. The van der Waals surface area contributed by atoms with E-state index in [0.717, 1.165) is 0 Å². The molecule has 1 aromatic carbocycles. The third-order valence-electron chi connectivity index (χ3n) is 5.25. The van der Waals surface area contributed by atoms with Gasteiger partial charge in [0.25, 0.3) is 5.91 Å². The number of halogens is 1. The van der Waals surface area contributed by atoms with Gasteiger partial charge in [-0.1, -0.05) is 0 Å². The summed E-state index contributed by atoms with van der Waals surface area (Å²) in [6, 6.07) is 7.41. The second kappa shape index (κ2) is 7.03. The number of nitrogens with one attached hydrogen (secondary N) is 1.